The first-order valence-electron chi connectivity index (χ1n) is 8.33. The number of fused-ring (bicyclic) bond motifs is 1. The highest BCUT2D eigenvalue weighted by molar-refractivity contribution is 5.83. The molecular weight excluding hydrogens is 280 g/mol. The van der Waals surface area contributed by atoms with E-state index in [9.17, 15) is 4.79 Å². The topological polar surface area (TPSA) is 61.6 Å². The molecule has 0 radical (unpaired) electrons. The van der Waals surface area contributed by atoms with Gasteiger partial charge in [0.05, 0.1) is 5.69 Å². The number of likely N-dealkylation sites (tertiary alicyclic amines) is 1. The molecule has 1 amide bonds. The van der Waals surface area contributed by atoms with Crippen molar-refractivity contribution in [3.05, 3.63) is 17.8 Å². The van der Waals surface area contributed by atoms with Crippen LogP contribution in [0.2, 0.25) is 0 Å². The quantitative estimate of drug-likeness (QED) is 0.901. The molecule has 2 aliphatic rings. The van der Waals surface area contributed by atoms with Crippen LogP contribution in [0.3, 0.4) is 0 Å². The van der Waals surface area contributed by atoms with Crippen molar-refractivity contribution in [2.24, 2.45) is 5.92 Å². The molecule has 1 N–H and O–H groups in total. The maximum atomic E-state index is 12.8. The van der Waals surface area contributed by atoms with Gasteiger partial charge in [-0.1, -0.05) is 6.92 Å². The Kier molecular flexibility index (Phi) is 4.78. The summed E-state index contributed by atoms with van der Waals surface area (Å²) in [6.07, 6.45) is 4.59. The maximum absolute atomic E-state index is 12.8. The van der Waals surface area contributed by atoms with E-state index in [2.05, 4.69) is 22.1 Å². The molecule has 1 aromatic heterocycles. The second kappa shape index (κ2) is 6.79. The lowest BCUT2D eigenvalue weighted by molar-refractivity contribution is -0.134. The Bertz CT molecular complexity index is 508. The molecule has 0 saturated carbocycles. The van der Waals surface area contributed by atoms with Crippen LogP contribution in [0.15, 0.2) is 10.8 Å². The first kappa shape index (κ1) is 15.5. The smallest absolute Gasteiger partial charge is 0.247 e. The first-order valence-corrected chi connectivity index (χ1v) is 8.33. The zero-order chi connectivity index (χ0) is 15.5. The van der Waals surface area contributed by atoms with Crippen molar-refractivity contribution in [1.82, 2.24) is 20.1 Å². The molecule has 1 saturated heterocycles. The number of hydrogen-bond donors (Lipinski definition) is 1. The number of oxazole rings is 1. The summed E-state index contributed by atoms with van der Waals surface area (Å²) in [7, 11) is 1.80. The number of nitrogens with zero attached hydrogens (tertiary/aromatic N) is 3. The van der Waals surface area contributed by atoms with Gasteiger partial charge in [0.15, 0.2) is 12.2 Å². The summed E-state index contributed by atoms with van der Waals surface area (Å²) in [4.78, 5) is 21.5. The SMILES string of the molecule is CCN1CCC(CN2CCc3ncoc3C(NC)C2=O)CC1. The van der Waals surface area contributed by atoms with Crippen LogP contribution >= 0.6 is 0 Å². The minimum atomic E-state index is -0.393. The summed E-state index contributed by atoms with van der Waals surface area (Å²) >= 11 is 0. The van der Waals surface area contributed by atoms with E-state index in [0.717, 1.165) is 44.8 Å². The van der Waals surface area contributed by atoms with Crippen molar-refractivity contribution in [3.63, 3.8) is 0 Å². The first-order chi connectivity index (χ1) is 10.7. The van der Waals surface area contributed by atoms with Gasteiger partial charge >= 0.3 is 0 Å². The molecule has 1 atom stereocenters. The minimum absolute atomic E-state index is 0.121. The molecule has 0 bridgehead atoms. The van der Waals surface area contributed by atoms with Crippen LogP contribution in [0.25, 0.3) is 0 Å². The van der Waals surface area contributed by atoms with Gasteiger partial charge < -0.3 is 19.5 Å². The molecule has 6 heteroatoms. The number of carbonyl (C=O) groups excluding carboxylic acids is 1. The van der Waals surface area contributed by atoms with E-state index < -0.39 is 6.04 Å². The Morgan fingerprint density at radius 2 is 2.14 bits per heavy atom. The highest BCUT2D eigenvalue weighted by atomic mass is 16.3. The van der Waals surface area contributed by atoms with E-state index in [4.69, 9.17) is 4.42 Å². The fourth-order valence-corrected chi connectivity index (χ4v) is 3.58. The average Bonchev–Trinajstić information content (AvgIpc) is 2.96. The second-order valence-electron chi connectivity index (χ2n) is 6.30. The molecule has 1 aromatic rings. The Morgan fingerprint density at radius 1 is 1.36 bits per heavy atom. The standard InChI is InChI=1S/C16H26N4O2/c1-3-19-7-4-12(5-8-19)10-20-9-6-13-15(22-11-18-13)14(17-2)16(20)21/h11-12,14,17H,3-10H2,1-2H3. The monoisotopic (exact) mass is 306 g/mol. The summed E-state index contributed by atoms with van der Waals surface area (Å²) in [5.74, 6) is 1.42. The molecular formula is C16H26N4O2. The third-order valence-corrected chi connectivity index (χ3v) is 5.03. The molecule has 1 fully saturated rings. The Labute approximate surface area is 131 Å². The minimum Gasteiger partial charge on any atom is -0.446 e. The molecule has 2 aliphatic heterocycles. The van der Waals surface area contributed by atoms with E-state index in [-0.39, 0.29) is 5.91 Å². The van der Waals surface area contributed by atoms with E-state index in [1.54, 1.807) is 7.05 Å². The summed E-state index contributed by atoms with van der Waals surface area (Å²) in [5.41, 5.74) is 0.913. The largest absolute Gasteiger partial charge is 0.446 e. The van der Waals surface area contributed by atoms with Gasteiger partial charge in [-0.05, 0) is 45.4 Å². The molecule has 0 aliphatic carbocycles. The van der Waals surface area contributed by atoms with Crippen LogP contribution in [-0.2, 0) is 11.2 Å². The van der Waals surface area contributed by atoms with Crippen molar-refractivity contribution in [2.45, 2.75) is 32.2 Å². The molecule has 122 valence electrons. The summed E-state index contributed by atoms with van der Waals surface area (Å²) in [5, 5.41) is 3.09. The predicted molar refractivity (Wildman–Crippen MR) is 83.4 cm³/mol. The molecule has 0 spiro atoms. The van der Waals surface area contributed by atoms with Crippen molar-refractivity contribution < 1.29 is 9.21 Å². The van der Waals surface area contributed by atoms with E-state index in [1.165, 1.54) is 19.2 Å². The fraction of sp³-hybridized carbons (Fsp3) is 0.750. The number of piperidine rings is 1. The number of likely N-dealkylation sites (N-methyl/N-ethyl adjacent to an activating group) is 1. The third-order valence-electron chi connectivity index (χ3n) is 5.03. The number of rotatable bonds is 4. The normalized spacial score (nSPS) is 24.4. The lowest BCUT2D eigenvalue weighted by Crippen LogP contribution is -2.44. The average molecular weight is 306 g/mol. The lowest BCUT2D eigenvalue weighted by atomic mass is 9.96. The van der Waals surface area contributed by atoms with Crippen LogP contribution < -0.4 is 5.32 Å². The van der Waals surface area contributed by atoms with Gasteiger partial charge in [-0.3, -0.25) is 4.79 Å². The van der Waals surface area contributed by atoms with Gasteiger partial charge in [0.25, 0.3) is 0 Å². The van der Waals surface area contributed by atoms with E-state index in [0.29, 0.717) is 11.7 Å². The molecule has 3 rings (SSSR count). The van der Waals surface area contributed by atoms with Crippen molar-refractivity contribution in [1.29, 1.82) is 0 Å². The number of amides is 1. The Hall–Kier alpha value is -1.40. The number of hydrogen-bond acceptors (Lipinski definition) is 5. The summed E-state index contributed by atoms with van der Waals surface area (Å²) in [6.45, 7) is 7.25. The fourth-order valence-electron chi connectivity index (χ4n) is 3.58. The van der Waals surface area contributed by atoms with Crippen molar-refractivity contribution in [3.8, 4) is 0 Å². The van der Waals surface area contributed by atoms with Gasteiger partial charge in [-0.15, -0.1) is 0 Å². The van der Waals surface area contributed by atoms with E-state index >= 15 is 0 Å². The highest BCUT2D eigenvalue weighted by Crippen LogP contribution is 2.26. The second-order valence-corrected chi connectivity index (χ2v) is 6.30. The van der Waals surface area contributed by atoms with Crippen LogP contribution in [-0.4, -0.2) is 60.5 Å². The zero-order valence-corrected chi connectivity index (χ0v) is 13.5. The van der Waals surface area contributed by atoms with E-state index in [1.807, 2.05) is 4.90 Å². The molecule has 3 heterocycles. The number of nitrogens with one attached hydrogen (secondary N) is 1. The van der Waals surface area contributed by atoms with Crippen LogP contribution in [0, 0.1) is 5.92 Å². The number of aromatic nitrogens is 1. The van der Waals surface area contributed by atoms with Crippen molar-refractivity contribution in [2.75, 3.05) is 39.8 Å². The predicted octanol–water partition coefficient (Wildman–Crippen LogP) is 1.05. The molecule has 22 heavy (non-hydrogen) atoms. The zero-order valence-electron chi connectivity index (χ0n) is 13.5. The van der Waals surface area contributed by atoms with Gasteiger partial charge in [-0.2, -0.15) is 0 Å². The van der Waals surface area contributed by atoms with Crippen LogP contribution in [0.1, 0.15) is 37.3 Å². The summed E-state index contributed by atoms with van der Waals surface area (Å²) in [6, 6.07) is -0.393. The summed E-state index contributed by atoms with van der Waals surface area (Å²) < 4.78 is 5.45. The van der Waals surface area contributed by atoms with Crippen LogP contribution in [0.4, 0.5) is 0 Å². The Balaban J connectivity index is 1.65. The Morgan fingerprint density at radius 3 is 2.82 bits per heavy atom. The number of carbonyl (C=O) groups is 1. The third kappa shape index (κ3) is 3.03. The van der Waals surface area contributed by atoms with Gasteiger partial charge in [0.2, 0.25) is 5.91 Å². The van der Waals surface area contributed by atoms with Crippen LogP contribution in [0.5, 0.6) is 0 Å². The molecule has 6 nitrogen and oxygen atoms in total. The highest BCUT2D eigenvalue weighted by Gasteiger charge is 2.34. The van der Waals surface area contributed by atoms with Gasteiger partial charge in [0, 0.05) is 19.5 Å². The molecule has 1 unspecified atom stereocenters. The van der Waals surface area contributed by atoms with Crippen molar-refractivity contribution >= 4 is 5.91 Å². The maximum Gasteiger partial charge on any atom is 0.247 e. The lowest BCUT2D eigenvalue weighted by Gasteiger charge is -2.34. The van der Waals surface area contributed by atoms with Gasteiger partial charge in [0.1, 0.15) is 6.04 Å². The van der Waals surface area contributed by atoms with Gasteiger partial charge in [-0.25, -0.2) is 4.98 Å². The molecule has 0 aromatic carbocycles.